The van der Waals surface area contributed by atoms with Gasteiger partial charge in [-0.2, -0.15) is 12.6 Å². The van der Waals surface area contributed by atoms with Crippen molar-refractivity contribution in [2.75, 3.05) is 5.75 Å². The second-order valence-electron chi connectivity index (χ2n) is 6.85. The van der Waals surface area contributed by atoms with Crippen LogP contribution in [-0.4, -0.2) is 28.2 Å². The van der Waals surface area contributed by atoms with Crippen molar-refractivity contribution in [3.63, 3.8) is 0 Å². The Labute approximate surface area is 153 Å². The molecular formula is C19H37NO3S. The number of nitrogens with two attached hydrogens (primary N) is 1. The van der Waals surface area contributed by atoms with E-state index in [0.29, 0.717) is 0 Å². The lowest BCUT2D eigenvalue weighted by Crippen LogP contribution is -2.56. The van der Waals surface area contributed by atoms with E-state index in [9.17, 15) is 9.59 Å². The van der Waals surface area contributed by atoms with Crippen LogP contribution in [0.25, 0.3) is 0 Å². The summed E-state index contributed by atoms with van der Waals surface area (Å²) in [6, 6.07) is 0. The SMILES string of the molecule is CCCCCCCCCCCCCCCC(=O)C(N)(CS)C(=O)O. The summed E-state index contributed by atoms with van der Waals surface area (Å²) < 4.78 is 0. The maximum Gasteiger partial charge on any atom is 0.332 e. The van der Waals surface area contributed by atoms with Crippen LogP contribution in [0.3, 0.4) is 0 Å². The van der Waals surface area contributed by atoms with Gasteiger partial charge in [-0.05, 0) is 6.42 Å². The highest BCUT2D eigenvalue weighted by Crippen LogP contribution is 2.15. The fourth-order valence-electron chi connectivity index (χ4n) is 2.80. The lowest BCUT2D eigenvalue weighted by molar-refractivity contribution is -0.147. The zero-order valence-corrected chi connectivity index (χ0v) is 16.3. The molecular weight excluding hydrogens is 322 g/mol. The van der Waals surface area contributed by atoms with Gasteiger partial charge in [0, 0.05) is 12.2 Å². The molecule has 0 aromatic carbocycles. The molecule has 0 aliphatic heterocycles. The van der Waals surface area contributed by atoms with Crippen molar-refractivity contribution >= 4 is 24.4 Å². The fourth-order valence-corrected chi connectivity index (χ4v) is 3.11. The average molecular weight is 360 g/mol. The van der Waals surface area contributed by atoms with E-state index in [-0.39, 0.29) is 12.2 Å². The number of carbonyl (C=O) groups is 2. The van der Waals surface area contributed by atoms with Crippen molar-refractivity contribution in [2.24, 2.45) is 5.73 Å². The third-order valence-electron chi connectivity index (χ3n) is 4.64. The van der Waals surface area contributed by atoms with Gasteiger partial charge in [-0.15, -0.1) is 0 Å². The van der Waals surface area contributed by atoms with Crippen LogP contribution >= 0.6 is 12.6 Å². The van der Waals surface area contributed by atoms with Crippen molar-refractivity contribution in [2.45, 2.75) is 102 Å². The normalized spacial score (nSPS) is 13.6. The number of rotatable bonds is 17. The molecule has 0 aromatic heterocycles. The molecule has 0 rings (SSSR count). The molecule has 0 aromatic rings. The van der Waals surface area contributed by atoms with E-state index < -0.39 is 17.3 Å². The first-order chi connectivity index (χ1) is 11.5. The Morgan fingerprint density at radius 3 is 1.54 bits per heavy atom. The predicted octanol–water partition coefficient (Wildman–Crippen LogP) is 4.75. The monoisotopic (exact) mass is 359 g/mol. The summed E-state index contributed by atoms with van der Waals surface area (Å²) in [7, 11) is 0. The molecule has 0 heterocycles. The third-order valence-corrected chi connectivity index (χ3v) is 5.13. The van der Waals surface area contributed by atoms with E-state index in [1.54, 1.807) is 0 Å². The molecule has 1 unspecified atom stereocenters. The largest absolute Gasteiger partial charge is 0.480 e. The summed E-state index contributed by atoms with van der Waals surface area (Å²) in [4.78, 5) is 22.9. The van der Waals surface area contributed by atoms with Gasteiger partial charge in [0.25, 0.3) is 0 Å². The summed E-state index contributed by atoms with van der Waals surface area (Å²) in [5.74, 6) is -1.84. The standard InChI is InChI=1S/C19H37NO3S/c1-2-3-4-5-6-7-8-9-10-11-12-13-14-15-17(21)19(20,16-24)18(22)23/h24H,2-16,20H2,1H3,(H,22,23). The molecule has 0 radical (unpaired) electrons. The topological polar surface area (TPSA) is 80.4 Å². The number of ketones is 1. The van der Waals surface area contributed by atoms with Crippen LogP contribution in [0.2, 0.25) is 0 Å². The number of aliphatic carboxylic acids is 1. The minimum atomic E-state index is -1.82. The molecule has 3 N–H and O–H groups in total. The Balaban J connectivity index is 3.45. The first kappa shape index (κ1) is 23.4. The van der Waals surface area contributed by atoms with Gasteiger partial charge < -0.3 is 10.8 Å². The molecule has 0 fully saturated rings. The summed E-state index contributed by atoms with van der Waals surface area (Å²) in [6.45, 7) is 2.24. The molecule has 0 bridgehead atoms. The average Bonchev–Trinajstić information content (AvgIpc) is 2.57. The van der Waals surface area contributed by atoms with Gasteiger partial charge >= 0.3 is 5.97 Å². The number of carbonyl (C=O) groups excluding carboxylic acids is 1. The van der Waals surface area contributed by atoms with Crippen molar-refractivity contribution in [1.82, 2.24) is 0 Å². The van der Waals surface area contributed by atoms with Gasteiger partial charge in [-0.3, -0.25) is 4.79 Å². The first-order valence-corrected chi connectivity index (χ1v) is 10.3. The lowest BCUT2D eigenvalue weighted by Gasteiger charge is -2.20. The predicted molar refractivity (Wildman–Crippen MR) is 104 cm³/mol. The Morgan fingerprint density at radius 1 is 0.833 bits per heavy atom. The van der Waals surface area contributed by atoms with Crippen LogP contribution in [0.15, 0.2) is 0 Å². The van der Waals surface area contributed by atoms with Crippen molar-refractivity contribution in [3.8, 4) is 0 Å². The van der Waals surface area contributed by atoms with Gasteiger partial charge in [0.2, 0.25) is 0 Å². The molecule has 24 heavy (non-hydrogen) atoms. The highest BCUT2D eigenvalue weighted by Gasteiger charge is 2.39. The minimum absolute atomic E-state index is 0.153. The Hall–Kier alpha value is -0.550. The molecule has 0 saturated carbocycles. The summed E-state index contributed by atoms with van der Waals surface area (Å²) in [6.07, 6.45) is 16.3. The number of hydrogen-bond donors (Lipinski definition) is 3. The van der Waals surface area contributed by atoms with E-state index in [1.165, 1.54) is 64.2 Å². The minimum Gasteiger partial charge on any atom is -0.480 e. The molecule has 0 aliphatic carbocycles. The number of carboxylic acid groups (broad SMARTS) is 1. The molecule has 4 nitrogen and oxygen atoms in total. The van der Waals surface area contributed by atoms with E-state index in [4.69, 9.17) is 10.8 Å². The molecule has 0 spiro atoms. The lowest BCUT2D eigenvalue weighted by atomic mass is 9.93. The Kier molecular flexibility index (Phi) is 14.4. The van der Waals surface area contributed by atoms with Gasteiger partial charge in [0.15, 0.2) is 11.3 Å². The number of unbranched alkanes of at least 4 members (excludes halogenated alkanes) is 12. The van der Waals surface area contributed by atoms with Crippen molar-refractivity contribution < 1.29 is 14.7 Å². The summed E-state index contributed by atoms with van der Waals surface area (Å²) in [5.41, 5.74) is 3.79. The van der Waals surface area contributed by atoms with Gasteiger partial charge in [-0.25, -0.2) is 4.79 Å². The highest BCUT2D eigenvalue weighted by molar-refractivity contribution is 7.80. The van der Waals surface area contributed by atoms with Crippen LogP contribution < -0.4 is 5.73 Å². The van der Waals surface area contributed by atoms with Crippen molar-refractivity contribution in [3.05, 3.63) is 0 Å². The zero-order chi connectivity index (χ0) is 18.3. The van der Waals surface area contributed by atoms with Gasteiger partial charge in [0.1, 0.15) is 0 Å². The molecule has 0 aliphatic rings. The van der Waals surface area contributed by atoms with Crippen LogP contribution in [0.4, 0.5) is 0 Å². The van der Waals surface area contributed by atoms with Crippen LogP contribution in [0.1, 0.15) is 96.8 Å². The fraction of sp³-hybridized carbons (Fsp3) is 0.895. The number of carboxylic acids is 1. The molecule has 1 atom stereocenters. The first-order valence-electron chi connectivity index (χ1n) is 9.65. The van der Waals surface area contributed by atoms with Gasteiger partial charge in [-0.1, -0.05) is 84.0 Å². The van der Waals surface area contributed by atoms with E-state index in [2.05, 4.69) is 19.6 Å². The van der Waals surface area contributed by atoms with Gasteiger partial charge in [0.05, 0.1) is 0 Å². The maximum atomic E-state index is 11.9. The Bertz CT molecular complexity index is 350. The molecule has 142 valence electrons. The highest BCUT2D eigenvalue weighted by atomic mass is 32.1. The van der Waals surface area contributed by atoms with Crippen molar-refractivity contribution in [1.29, 1.82) is 0 Å². The van der Waals surface area contributed by atoms with E-state index >= 15 is 0 Å². The van der Waals surface area contributed by atoms with Crippen LogP contribution in [-0.2, 0) is 9.59 Å². The second-order valence-corrected chi connectivity index (χ2v) is 7.17. The van der Waals surface area contributed by atoms with Crippen LogP contribution in [0, 0.1) is 0 Å². The molecule has 0 amide bonds. The Morgan fingerprint density at radius 2 is 1.21 bits per heavy atom. The van der Waals surface area contributed by atoms with E-state index in [1.807, 2.05) is 0 Å². The summed E-state index contributed by atoms with van der Waals surface area (Å²) >= 11 is 3.90. The zero-order valence-electron chi connectivity index (χ0n) is 15.4. The third kappa shape index (κ3) is 10.3. The molecule has 5 heteroatoms. The smallest absolute Gasteiger partial charge is 0.332 e. The van der Waals surface area contributed by atoms with Crippen LogP contribution in [0.5, 0.6) is 0 Å². The summed E-state index contributed by atoms with van der Waals surface area (Å²) in [5, 5.41) is 9.01. The number of Topliss-reactive ketones (excluding diaryl/α,β-unsaturated/α-hetero) is 1. The quantitative estimate of drug-likeness (QED) is 0.199. The maximum absolute atomic E-state index is 11.9. The molecule has 0 saturated heterocycles. The second kappa shape index (κ2) is 14.8. The number of hydrogen-bond acceptors (Lipinski definition) is 4. The number of thiol groups is 1. The van der Waals surface area contributed by atoms with E-state index in [0.717, 1.165) is 19.3 Å².